The van der Waals surface area contributed by atoms with Crippen LogP contribution in [-0.4, -0.2) is 49.6 Å². The molecule has 1 saturated heterocycles. The Hall–Kier alpha value is -4.45. The van der Waals surface area contributed by atoms with Gasteiger partial charge >= 0.3 is 6.03 Å². The molecule has 9 nitrogen and oxygen atoms in total. The summed E-state index contributed by atoms with van der Waals surface area (Å²) >= 11 is 0. The van der Waals surface area contributed by atoms with Gasteiger partial charge in [0.2, 0.25) is 5.91 Å². The normalized spacial score (nSPS) is 14.0. The molecule has 0 atom stereocenters. The Labute approximate surface area is 191 Å². The van der Waals surface area contributed by atoms with Gasteiger partial charge in [0.1, 0.15) is 24.6 Å². The number of ether oxygens (including phenoxy) is 3. The van der Waals surface area contributed by atoms with Gasteiger partial charge in [-0.2, -0.15) is 0 Å². The Morgan fingerprint density at radius 3 is 2.67 bits per heavy atom. The molecule has 0 radical (unpaired) electrons. The first-order valence-electron chi connectivity index (χ1n) is 10.1. The second-order valence-corrected chi connectivity index (χ2v) is 6.76. The third-order valence-corrected chi connectivity index (χ3v) is 4.53. The highest BCUT2D eigenvalue weighted by Crippen LogP contribution is 2.30. The highest BCUT2D eigenvalue weighted by atomic mass is 16.5. The lowest BCUT2D eigenvalue weighted by molar-refractivity contribution is -0.127. The van der Waals surface area contributed by atoms with Crippen LogP contribution in [0.2, 0.25) is 0 Å². The van der Waals surface area contributed by atoms with E-state index < -0.39 is 24.4 Å². The molecule has 9 heteroatoms. The maximum absolute atomic E-state index is 12.7. The van der Waals surface area contributed by atoms with E-state index in [4.69, 9.17) is 20.6 Å². The zero-order chi connectivity index (χ0) is 23.8. The van der Waals surface area contributed by atoms with Crippen molar-refractivity contribution in [3.8, 4) is 29.6 Å². The van der Waals surface area contributed by atoms with Crippen molar-refractivity contribution in [1.82, 2.24) is 10.2 Å². The zero-order valence-corrected chi connectivity index (χ0v) is 18.2. The monoisotopic (exact) mass is 449 g/mol. The number of methoxy groups -OCH3 is 1. The lowest BCUT2D eigenvalue weighted by Gasteiger charge is -2.13. The van der Waals surface area contributed by atoms with E-state index >= 15 is 0 Å². The highest BCUT2D eigenvalue weighted by Gasteiger charge is 2.35. The first-order valence-corrected chi connectivity index (χ1v) is 10.1. The molecule has 2 N–H and O–H groups in total. The van der Waals surface area contributed by atoms with Crippen LogP contribution in [0.25, 0.3) is 6.08 Å². The van der Waals surface area contributed by atoms with Crippen LogP contribution in [0.1, 0.15) is 12.5 Å². The Morgan fingerprint density at radius 1 is 1.15 bits per heavy atom. The van der Waals surface area contributed by atoms with Gasteiger partial charge in [-0.05, 0) is 42.8 Å². The number of hydrogen-bond acceptors (Lipinski definition) is 6. The second kappa shape index (κ2) is 10.7. The van der Waals surface area contributed by atoms with Crippen LogP contribution < -0.4 is 24.8 Å². The molecule has 170 valence electrons. The molecule has 0 spiro atoms. The average Bonchev–Trinajstić information content (AvgIpc) is 3.06. The third kappa shape index (κ3) is 5.62. The Kier molecular flexibility index (Phi) is 7.55. The lowest BCUT2D eigenvalue weighted by Crippen LogP contribution is -2.38. The van der Waals surface area contributed by atoms with Crippen LogP contribution in [0.15, 0.2) is 48.2 Å². The Balaban J connectivity index is 1.73. The molecule has 4 amide bonds. The molecule has 1 aliphatic rings. The molecule has 1 heterocycles. The maximum atomic E-state index is 12.7. The number of hydrogen-bond donors (Lipinski definition) is 2. The molecule has 0 unspecified atom stereocenters. The van der Waals surface area contributed by atoms with Gasteiger partial charge in [-0.1, -0.05) is 24.1 Å². The number of urea groups is 1. The minimum absolute atomic E-state index is 0.0323. The van der Waals surface area contributed by atoms with Gasteiger partial charge in [-0.15, -0.1) is 6.42 Å². The van der Waals surface area contributed by atoms with Crippen LogP contribution >= 0.6 is 0 Å². The summed E-state index contributed by atoms with van der Waals surface area (Å²) in [6, 6.07) is 11.1. The van der Waals surface area contributed by atoms with Gasteiger partial charge in [0, 0.05) is 0 Å². The van der Waals surface area contributed by atoms with E-state index in [1.165, 1.54) is 13.2 Å². The maximum Gasteiger partial charge on any atom is 0.329 e. The highest BCUT2D eigenvalue weighted by molar-refractivity contribution is 6.16. The summed E-state index contributed by atoms with van der Waals surface area (Å²) in [5, 5.41) is 5.13. The molecule has 0 bridgehead atoms. The van der Waals surface area contributed by atoms with Gasteiger partial charge in [0.25, 0.3) is 5.91 Å². The van der Waals surface area contributed by atoms with Gasteiger partial charge < -0.3 is 24.8 Å². The second-order valence-electron chi connectivity index (χ2n) is 6.76. The van der Waals surface area contributed by atoms with Crippen molar-refractivity contribution < 1.29 is 28.6 Å². The van der Waals surface area contributed by atoms with Crippen molar-refractivity contribution in [3.05, 3.63) is 53.7 Å². The van der Waals surface area contributed by atoms with Gasteiger partial charge in [0.15, 0.2) is 11.5 Å². The van der Waals surface area contributed by atoms with Crippen molar-refractivity contribution in [2.75, 3.05) is 32.2 Å². The number of rotatable bonds is 9. The van der Waals surface area contributed by atoms with Crippen molar-refractivity contribution in [2.24, 2.45) is 0 Å². The van der Waals surface area contributed by atoms with E-state index in [1.807, 2.05) is 6.92 Å². The summed E-state index contributed by atoms with van der Waals surface area (Å²) in [4.78, 5) is 38.3. The predicted molar refractivity (Wildman–Crippen MR) is 122 cm³/mol. The number of imide groups is 1. The first kappa shape index (κ1) is 23.2. The standard InChI is InChI=1S/C24H23N3O6/c1-4-12-33-20-11-10-16(14-21(20)32-5-2)13-18-23(29)27(24(30)26-18)15-22(28)25-17-8-6-7-9-19(17)31-3/h1,6-11,13-14H,5,12,15H2,2-3H3,(H,25,28)(H,26,30)/b18-13+. The van der Waals surface area contributed by atoms with Crippen molar-refractivity contribution >= 4 is 29.6 Å². The van der Waals surface area contributed by atoms with Crippen LogP contribution in [-0.2, 0) is 9.59 Å². The fourth-order valence-corrected chi connectivity index (χ4v) is 3.08. The summed E-state index contributed by atoms with van der Waals surface area (Å²) in [5.41, 5.74) is 1.06. The fraction of sp³-hybridized carbons (Fsp3) is 0.208. The molecular formula is C24H23N3O6. The van der Waals surface area contributed by atoms with Crippen LogP contribution in [0.4, 0.5) is 10.5 Å². The minimum atomic E-state index is -0.694. The number of para-hydroxylation sites is 2. The molecule has 0 saturated carbocycles. The lowest BCUT2D eigenvalue weighted by atomic mass is 10.1. The SMILES string of the molecule is C#CCOc1ccc(/C=C2/NC(=O)N(CC(=O)Nc3ccccc3OC)C2=O)cc1OCC. The Bertz CT molecular complexity index is 1140. The molecule has 33 heavy (non-hydrogen) atoms. The van der Waals surface area contributed by atoms with E-state index in [1.54, 1.807) is 42.5 Å². The van der Waals surface area contributed by atoms with Crippen LogP contribution in [0, 0.1) is 12.3 Å². The smallest absolute Gasteiger partial charge is 0.329 e. The molecule has 2 aromatic rings. The number of amides is 4. The Morgan fingerprint density at radius 2 is 1.94 bits per heavy atom. The fourth-order valence-electron chi connectivity index (χ4n) is 3.08. The van der Waals surface area contributed by atoms with Gasteiger partial charge in [-0.25, -0.2) is 9.69 Å². The number of nitrogens with zero attached hydrogens (tertiary/aromatic N) is 1. The zero-order valence-electron chi connectivity index (χ0n) is 18.2. The molecule has 3 rings (SSSR count). The predicted octanol–water partition coefficient (Wildman–Crippen LogP) is 2.64. The first-order chi connectivity index (χ1) is 16.0. The van der Waals surface area contributed by atoms with E-state index in [9.17, 15) is 14.4 Å². The van der Waals surface area contributed by atoms with Gasteiger partial charge in [0.05, 0.1) is 19.4 Å². The van der Waals surface area contributed by atoms with E-state index in [0.717, 1.165) is 4.90 Å². The van der Waals surface area contributed by atoms with Crippen molar-refractivity contribution in [1.29, 1.82) is 0 Å². The third-order valence-electron chi connectivity index (χ3n) is 4.53. The average molecular weight is 449 g/mol. The largest absolute Gasteiger partial charge is 0.495 e. The number of terminal acetylenes is 1. The molecular weight excluding hydrogens is 426 g/mol. The summed E-state index contributed by atoms with van der Waals surface area (Å²) in [5.74, 6) is 2.60. The number of carbonyl (C=O) groups excluding carboxylic acids is 3. The van der Waals surface area contributed by atoms with Crippen LogP contribution in [0.3, 0.4) is 0 Å². The number of benzene rings is 2. The van der Waals surface area contributed by atoms with Crippen molar-refractivity contribution in [2.45, 2.75) is 6.92 Å². The van der Waals surface area contributed by atoms with Gasteiger partial charge in [-0.3, -0.25) is 9.59 Å². The van der Waals surface area contributed by atoms with E-state index in [2.05, 4.69) is 16.6 Å². The number of carbonyl (C=O) groups is 3. The molecule has 2 aromatic carbocycles. The quantitative estimate of drug-likeness (QED) is 0.346. The molecule has 1 aliphatic heterocycles. The molecule has 1 fully saturated rings. The number of anilines is 1. The van der Waals surface area contributed by atoms with Crippen molar-refractivity contribution in [3.63, 3.8) is 0 Å². The summed E-state index contributed by atoms with van der Waals surface area (Å²) in [7, 11) is 1.48. The topological polar surface area (TPSA) is 106 Å². The molecule has 0 aliphatic carbocycles. The van der Waals surface area contributed by atoms with Crippen LogP contribution in [0.5, 0.6) is 17.2 Å². The summed E-state index contributed by atoms with van der Waals surface area (Å²) < 4.78 is 16.2. The summed E-state index contributed by atoms with van der Waals surface area (Å²) in [6.07, 6.45) is 6.72. The van der Waals surface area contributed by atoms with E-state index in [0.29, 0.717) is 35.1 Å². The molecule has 0 aromatic heterocycles. The van der Waals surface area contributed by atoms with E-state index in [-0.39, 0.29) is 12.3 Å². The summed E-state index contributed by atoms with van der Waals surface area (Å²) in [6.45, 7) is 1.85. The minimum Gasteiger partial charge on any atom is -0.495 e. The number of nitrogens with one attached hydrogen (secondary N) is 2.